The van der Waals surface area contributed by atoms with Crippen LogP contribution in [-0.2, 0) is 4.79 Å². The second-order valence-corrected chi connectivity index (χ2v) is 7.34. The van der Waals surface area contributed by atoms with Gasteiger partial charge in [-0.25, -0.2) is 0 Å². The summed E-state index contributed by atoms with van der Waals surface area (Å²) in [6.45, 7) is 5.91. The molecule has 0 fully saturated rings. The minimum atomic E-state index is -0.0235. The second-order valence-electron chi connectivity index (χ2n) is 6.40. The lowest BCUT2D eigenvalue weighted by molar-refractivity contribution is -0.119. The monoisotopic (exact) mass is 400 g/mol. The number of amides is 1. The number of carbonyl (C=O) groups excluding carboxylic acids is 1. The third-order valence-electron chi connectivity index (χ3n) is 4.42. The number of benzene rings is 1. The molecule has 1 atom stereocenters. The Morgan fingerprint density at radius 2 is 2.04 bits per heavy atom. The first-order chi connectivity index (χ1) is 13.5. The molecule has 2 aromatic heterocycles. The van der Waals surface area contributed by atoms with Gasteiger partial charge in [0.25, 0.3) is 0 Å². The number of carbonyl (C=O) groups is 1. The van der Waals surface area contributed by atoms with Crippen LogP contribution >= 0.6 is 11.8 Å². The zero-order valence-corrected chi connectivity index (χ0v) is 17.2. The van der Waals surface area contributed by atoms with Crippen LogP contribution in [0, 0.1) is 6.92 Å². The Kier molecular flexibility index (Phi) is 6.41. The van der Waals surface area contributed by atoms with Crippen LogP contribution in [0.5, 0.6) is 5.75 Å². The molecule has 0 saturated carbocycles. The fourth-order valence-electron chi connectivity index (χ4n) is 2.67. The van der Waals surface area contributed by atoms with Crippen molar-refractivity contribution in [1.82, 2.24) is 20.1 Å². The molecule has 0 radical (unpaired) electrons. The maximum Gasteiger partial charge on any atom is 0.230 e. The second kappa shape index (κ2) is 8.97. The fourth-order valence-corrected chi connectivity index (χ4v) is 3.43. The molecule has 1 N–H and O–H groups in total. The minimum Gasteiger partial charge on any atom is -0.497 e. The first-order valence-corrected chi connectivity index (χ1v) is 10.1. The largest absolute Gasteiger partial charge is 0.497 e. The Labute approximate surface area is 168 Å². The van der Waals surface area contributed by atoms with Gasteiger partial charge in [0, 0.05) is 6.04 Å². The number of hydrogen-bond donors (Lipinski definition) is 1. The van der Waals surface area contributed by atoms with E-state index in [0.29, 0.717) is 11.0 Å². The molecular weight excluding hydrogens is 376 g/mol. The molecule has 148 valence electrons. The summed E-state index contributed by atoms with van der Waals surface area (Å²) in [7, 11) is 1.63. The van der Waals surface area contributed by atoms with Crippen molar-refractivity contribution in [2.75, 3.05) is 12.9 Å². The smallest absolute Gasteiger partial charge is 0.230 e. The molecule has 3 rings (SSSR count). The van der Waals surface area contributed by atoms with Crippen molar-refractivity contribution in [1.29, 1.82) is 0 Å². The van der Waals surface area contributed by atoms with E-state index in [1.807, 2.05) is 55.7 Å². The van der Waals surface area contributed by atoms with Crippen LogP contribution in [0.2, 0.25) is 0 Å². The first-order valence-electron chi connectivity index (χ1n) is 9.10. The van der Waals surface area contributed by atoms with Gasteiger partial charge >= 0.3 is 0 Å². The topological polar surface area (TPSA) is 82.2 Å². The number of furan rings is 1. The molecule has 0 spiro atoms. The summed E-state index contributed by atoms with van der Waals surface area (Å²) in [5.74, 6) is 2.43. The number of nitrogens with one attached hydrogen (secondary N) is 1. The van der Waals surface area contributed by atoms with E-state index in [2.05, 4.69) is 15.5 Å². The van der Waals surface area contributed by atoms with Crippen LogP contribution in [0.3, 0.4) is 0 Å². The summed E-state index contributed by atoms with van der Waals surface area (Å²) in [4.78, 5) is 12.2. The van der Waals surface area contributed by atoms with Crippen molar-refractivity contribution in [2.24, 2.45) is 0 Å². The highest BCUT2D eigenvalue weighted by molar-refractivity contribution is 7.99. The summed E-state index contributed by atoms with van der Waals surface area (Å²) in [6, 6.07) is 9.64. The van der Waals surface area contributed by atoms with Crippen molar-refractivity contribution < 1.29 is 13.9 Å². The zero-order chi connectivity index (χ0) is 20.1. The third kappa shape index (κ3) is 4.39. The molecule has 0 unspecified atom stereocenters. The molecule has 2 heterocycles. The highest BCUT2D eigenvalue weighted by Crippen LogP contribution is 2.30. The predicted octanol–water partition coefficient (Wildman–Crippen LogP) is 3.85. The number of thioether (sulfide) groups is 1. The molecule has 28 heavy (non-hydrogen) atoms. The zero-order valence-electron chi connectivity index (χ0n) is 16.4. The van der Waals surface area contributed by atoms with Gasteiger partial charge in [-0.15, -0.1) is 10.2 Å². The Morgan fingerprint density at radius 3 is 2.64 bits per heavy atom. The van der Waals surface area contributed by atoms with Gasteiger partial charge in [-0.3, -0.25) is 9.36 Å². The number of aryl methyl sites for hydroxylation is 1. The van der Waals surface area contributed by atoms with Crippen molar-refractivity contribution in [2.45, 2.75) is 38.4 Å². The van der Waals surface area contributed by atoms with Crippen LogP contribution in [0.4, 0.5) is 0 Å². The standard InChI is InChI=1S/C20H24N4O3S/c1-5-13(2)21-18(25)12-28-20-23-22-19(17-10-11-27-14(17)3)24(20)15-6-8-16(26-4)9-7-15/h6-11,13H,5,12H2,1-4H3,(H,21,25)/t13-/m1/s1. The van der Waals surface area contributed by atoms with Gasteiger partial charge < -0.3 is 14.5 Å². The quantitative estimate of drug-likeness (QED) is 0.579. The molecule has 0 aliphatic heterocycles. The lowest BCUT2D eigenvalue weighted by Gasteiger charge is -2.12. The lowest BCUT2D eigenvalue weighted by atomic mass is 10.2. The van der Waals surface area contributed by atoms with Crippen LogP contribution in [0.25, 0.3) is 17.1 Å². The summed E-state index contributed by atoms with van der Waals surface area (Å²) in [6.07, 6.45) is 2.52. The van der Waals surface area contributed by atoms with Crippen molar-refractivity contribution in [3.05, 3.63) is 42.4 Å². The number of ether oxygens (including phenoxy) is 1. The molecule has 0 bridgehead atoms. The highest BCUT2D eigenvalue weighted by Gasteiger charge is 2.20. The summed E-state index contributed by atoms with van der Waals surface area (Å²) < 4.78 is 12.6. The highest BCUT2D eigenvalue weighted by atomic mass is 32.2. The number of aromatic nitrogens is 3. The lowest BCUT2D eigenvalue weighted by Crippen LogP contribution is -2.33. The number of hydrogen-bond acceptors (Lipinski definition) is 6. The van der Waals surface area contributed by atoms with Crippen LogP contribution in [0.15, 0.2) is 46.2 Å². The van der Waals surface area contributed by atoms with E-state index < -0.39 is 0 Å². The fraction of sp³-hybridized carbons (Fsp3) is 0.350. The van der Waals surface area contributed by atoms with Crippen molar-refractivity contribution >= 4 is 17.7 Å². The minimum absolute atomic E-state index is 0.0235. The average molecular weight is 401 g/mol. The van der Waals surface area contributed by atoms with Crippen molar-refractivity contribution in [3.63, 3.8) is 0 Å². The summed E-state index contributed by atoms with van der Waals surface area (Å²) in [5, 5.41) is 12.3. The normalized spacial score (nSPS) is 12.0. The van der Waals surface area contributed by atoms with Crippen molar-refractivity contribution in [3.8, 4) is 22.8 Å². The third-order valence-corrected chi connectivity index (χ3v) is 5.34. The predicted molar refractivity (Wildman–Crippen MR) is 109 cm³/mol. The van der Waals surface area contributed by atoms with Gasteiger partial charge in [-0.05, 0) is 50.6 Å². The van der Waals surface area contributed by atoms with Crippen LogP contribution < -0.4 is 10.1 Å². The molecule has 1 amide bonds. The van der Waals surface area contributed by atoms with E-state index in [9.17, 15) is 4.79 Å². The Bertz CT molecular complexity index is 933. The van der Waals surface area contributed by atoms with E-state index in [1.54, 1.807) is 13.4 Å². The van der Waals surface area contributed by atoms with E-state index in [4.69, 9.17) is 9.15 Å². The molecule has 0 saturated heterocycles. The maximum absolute atomic E-state index is 12.2. The Hall–Kier alpha value is -2.74. The van der Waals surface area contributed by atoms with Gasteiger partial charge in [0.2, 0.25) is 5.91 Å². The number of rotatable bonds is 8. The van der Waals surface area contributed by atoms with Gasteiger partial charge in [0.1, 0.15) is 11.5 Å². The number of nitrogens with zero attached hydrogens (tertiary/aromatic N) is 3. The van der Waals surface area contributed by atoms with Gasteiger partial charge in [-0.1, -0.05) is 18.7 Å². The Balaban J connectivity index is 1.92. The molecule has 0 aliphatic carbocycles. The molecule has 8 heteroatoms. The molecular formula is C20H24N4O3S. The van der Waals surface area contributed by atoms with E-state index >= 15 is 0 Å². The molecule has 1 aromatic carbocycles. The Morgan fingerprint density at radius 1 is 1.29 bits per heavy atom. The average Bonchev–Trinajstić information content (AvgIpc) is 3.31. The molecule has 7 nitrogen and oxygen atoms in total. The van der Waals surface area contributed by atoms with E-state index in [0.717, 1.165) is 29.2 Å². The van der Waals surface area contributed by atoms with Crippen LogP contribution in [-0.4, -0.2) is 39.6 Å². The first kappa shape index (κ1) is 20.0. The van der Waals surface area contributed by atoms with Gasteiger partial charge in [0.15, 0.2) is 11.0 Å². The van der Waals surface area contributed by atoms with Gasteiger partial charge in [-0.2, -0.15) is 0 Å². The van der Waals surface area contributed by atoms with E-state index in [1.165, 1.54) is 11.8 Å². The van der Waals surface area contributed by atoms with E-state index in [-0.39, 0.29) is 17.7 Å². The SMILES string of the molecule is CC[C@@H](C)NC(=O)CSc1nnc(-c2ccoc2C)n1-c1ccc(OC)cc1. The summed E-state index contributed by atoms with van der Waals surface area (Å²) >= 11 is 1.35. The van der Waals surface area contributed by atoms with Crippen LogP contribution in [0.1, 0.15) is 26.0 Å². The van der Waals surface area contributed by atoms with Gasteiger partial charge in [0.05, 0.1) is 30.4 Å². The maximum atomic E-state index is 12.2. The molecule has 3 aromatic rings. The summed E-state index contributed by atoms with van der Waals surface area (Å²) in [5.41, 5.74) is 1.74. The molecule has 0 aliphatic rings. The number of methoxy groups -OCH3 is 1.